The van der Waals surface area contributed by atoms with Gasteiger partial charge in [-0.15, -0.1) is 0 Å². The molecule has 130 valence electrons. The van der Waals surface area contributed by atoms with Gasteiger partial charge in [-0.2, -0.15) is 0 Å². The minimum absolute atomic E-state index is 0.248. The van der Waals surface area contributed by atoms with Gasteiger partial charge in [0.2, 0.25) is 0 Å². The van der Waals surface area contributed by atoms with Crippen molar-refractivity contribution >= 4 is 21.9 Å². The van der Waals surface area contributed by atoms with Crippen LogP contribution in [0.25, 0.3) is 44.3 Å². The molecular formula is C25H19NO. The van der Waals surface area contributed by atoms with Crippen molar-refractivity contribution in [2.45, 2.75) is 13.8 Å². The van der Waals surface area contributed by atoms with E-state index in [4.69, 9.17) is 8.53 Å². The zero-order valence-electron chi connectivity index (χ0n) is 17.9. The zero-order valence-corrected chi connectivity index (χ0v) is 14.9. The van der Waals surface area contributed by atoms with E-state index in [9.17, 15) is 0 Å². The fourth-order valence-electron chi connectivity index (χ4n) is 3.65. The van der Waals surface area contributed by atoms with Crippen LogP contribution in [0.5, 0.6) is 0 Å². The van der Waals surface area contributed by atoms with E-state index >= 15 is 0 Å². The Morgan fingerprint density at radius 3 is 2.44 bits per heavy atom. The van der Waals surface area contributed by atoms with Crippen molar-refractivity contribution in [1.29, 1.82) is 0 Å². The third-order valence-electron chi connectivity index (χ3n) is 5.02. The largest absolute Gasteiger partial charge is 0.455 e. The first-order chi connectivity index (χ1) is 14.4. The maximum atomic E-state index is 7.99. The molecule has 0 bridgehead atoms. The summed E-state index contributed by atoms with van der Waals surface area (Å²) in [6, 6.07) is 23.6. The van der Waals surface area contributed by atoms with E-state index in [-0.39, 0.29) is 5.56 Å². The highest BCUT2D eigenvalue weighted by Gasteiger charge is 2.14. The first kappa shape index (κ1) is 12.9. The second-order valence-corrected chi connectivity index (χ2v) is 6.71. The maximum absolute atomic E-state index is 7.99. The molecule has 0 saturated heterocycles. The van der Waals surface area contributed by atoms with Crippen LogP contribution in [0.3, 0.4) is 0 Å². The van der Waals surface area contributed by atoms with Gasteiger partial charge in [-0.3, -0.25) is 4.98 Å². The summed E-state index contributed by atoms with van der Waals surface area (Å²) >= 11 is 0. The second kappa shape index (κ2) is 6.10. The van der Waals surface area contributed by atoms with Gasteiger partial charge in [0, 0.05) is 26.6 Å². The highest BCUT2D eigenvalue weighted by molar-refractivity contribution is 6.09. The predicted molar refractivity (Wildman–Crippen MR) is 112 cm³/mol. The van der Waals surface area contributed by atoms with Crippen LogP contribution in [0.4, 0.5) is 0 Å². The topological polar surface area (TPSA) is 26.0 Å². The summed E-state index contributed by atoms with van der Waals surface area (Å²) in [7, 11) is 0. The molecule has 0 aliphatic carbocycles. The molecule has 3 aromatic carbocycles. The lowest BCUT2D eigenvalue weighted by Crippen LogP contribution is -1.91. The molecule has 2 nitrogen and oxygen atoms in total. The molecule has 2 heterocycles. The van der Waals surface area contributed by atoms with Crippen molar-refractivity contribution in [3.63, 3.8) is 0 Å². The minimum atomic E-state index is -2.26. The van der Waals surface area contributed by atoms with E-state index in [1.807, 2.05) is 79.7 Å². The molecule has 0 aliphatic rings. The van der Waals surface area contributed by atoms with Crippen molar-refractivity contribution in [2.24, 2.45) is 0 Å². The maximum Gasteiger partial charge on any atom is 0.144 e. The van der Waals surface area contributed by atoms with Crippen LogP contribution in [-0.2, 0) is 0 Å². The Hall–Kier alpha value is -3.39. The van der Waals surface area contributed by atoms with Gasteiger partial charge in [0.15, 0.2) is 0 Å². The van der Waals surface area contributed by atoms with Crippen molar-refractivity contribution in [3.8, 4) is 22.4 Å². The summed E-state index contributed by atoms with van der Waals surface area (Å²) in [5.74, 6) is 0. The predicted octanol–water partition coefficient (Wildman–Crippen LogP) is 6.93. The van der Waals surface area contributed by atoms with Crippen LogP contribution in [0, 0.1) is 13.8 Å². The number of furan rings is 1. The summed E-state index contributed by atoms with van der Waals surface area (Å²) < 4.78 is 30.1. The van der Waals surface area contributed by atoms with Gasteiger partial charge in [0.05, 0.1) is 5.69 Å². The number of nitrogens with zero attached hydrogens (tertiary/aromatic N) is 1. The average Bonchev–Trinajstić information content (AvgIpc) is 3.12. The first-order valence-electron chi connectivity index (χ1n) is 10.4. The third kappa shape index (κ3) is 2.53. The lowest BCUT2D eigenvalue weighted by atomic mass is 9.96. The molecule has 5 rings (SSSR count). The normalized spacial score (nSPS) is 13.4. The van der Waals surface area contributed by atoms with Crippen LogP contribution < -0.4 is 0 Å². The number of hydrogen-bond acceptors (Lipinski definition) is 2. The van der Waals surface area contributed by atoms with Crippen LogP contribution in [-0.4, -0.2) is 4.98 Å². The molecule has 0 fully saturated rings. The van der Waals surface area contributed by atoms with Crippen LogP contribution in [0.15, 0.2) is 83.4 Å². The van der Waals surface area contributed by atoms with E-state index in [1.54, 1.807) is 0 Å². The first-order valence-corrected chi connectivity index (χ1v) is 8.90. The van der Waals surface area contributed by atoms with Crippen molar-refractivity contribution in [1.82, 2.24) is 4.98 Å². The third-order valence-corrected chi connectivity index (χ3v) is 5.02. The molecule has 0 radical (unpaired) electrons. The highest BCUT2D eigenvalue weighted by Crippen LogP contribution is 2.36. The van der Waals surface area contributed by atoms with Crippen molar-refractivity contribution < 1.29 is 8.53 Å². The van der Waals surface area contributed by atoms with Gasteiger partial charge in [-0.1, -0.05) is 54.6 Å². The molecule has 0 aliphatic heterocycles. The molecule has 0 amide bonds. The molecule has 0 saturated carbocycles. The Morgan fingerprint density at radius 2 is 1.56 bits per heavy atom. The fraction of sp³-hybridized carbons (Fsp3) is 0.0800. The van der Waals surface area contributed by atoms with Gasteiger partial charge in [0.25, 0.3) is 0 Å². The number of fused-ring (bicyclic) bond motifs is 3. The Kier molecular flexibility index (Phi) is 2.91. The summed E-state index contributed by atoms with van der Waals surface area (Å²) in [6.07, 6.45) is 1.48. The lowest BCUT2D eigenvalue weighted by molar-refractivity contribution is 0.670. The molecule has 0 atom stereocenters. The summed E-state index contributed by atoms with van der Waals surface area (Å²) in [4.78, 5) is 4.53. The Balaban J connectivity index is 1.79. The van der Waals surface area contributed by atoms with Gasteiger partial charge >= 0.3 is 0 Å². The van der Waals surface area contributed by atoms with Gasteiger partial charge in [-0.05, 0) is 54.2 Å². The minimum Gasteiger partial charge on any atom is -0.455 e. The fourth-order valence-corrected chi connectivity index (χ4v) is 3.65. The number of benzene rings is 3. The molecule has 5 aromatic rings. The van der Waals surface area contributed by atoms with E-state index in [2.05, 4.69) is 4.98 Å². The number of pyridine rings is 1. The van der Waals surface area contributed by atoms with Crippen molar-refractivity contribution in [3.05, 3.63) is 90.1 Å². The number of para-hydroxylation sites is 2. The lowest BCUT2D eigenvalue weighted by Gasteiger charge is -2.11. The molecule has 27 heavy (non-hydrogen) atoms. The monoisotopic (exact) mass is 352 g/mol. The summed E-state index contributed by atoms with van der Waals surface area (Å²) in [5, 5.41) is 2.06. The van der Waals surface area contributed by atoms with Crippen LogP contribution in [0.1, 0.15) is 15.2 Å². The second-order valence-electron chi connectivity index (χ2n) is 6.71. The molecular weight excluding hydrogens is 330 g/mol. The SMILES string of the molecule is [2H]C([2H])([2H])c1cnc(-c2cccc3c2oc2ccccc23)cc1-c1ccccc1C. The Bertz CT molecular complexity index is 1400. The Labute approximate surface area is 162 Å². The van der Waals surface area contributed by atoms with Crippen molar-refractivity contribution in [2.75, 3.05) is 0 Å². The van der Waals surface area contributed by atoms with E-state index in [0.29, 0.717) is 11.3 Å². The van der Waals surface area contributed by atoms with E-state index < -0.39 is 6.85 Å². The standard InChI is InChI=1S/C25H19NO/c1-16-8-3-4-9-18(16)22-14-23(26-15-17(22)2)21-12-7-11-20-19-10-5-6-13-24(19)27-25(20)21/h3-15H,1-2H3/i2D3. The summed E-state index contributed by atoms with van der Waals surface area (Å²) in [6.45, 7) is -0.271. The van der Waals surface area contributed by atoms with Gasteiger partial charge in [0.1, 0.15) is 11.2 Å². The number of aromatic nitrogens is 1. The molecule has 0 N–H and O–H groups in total. The molecule has 2 heteroatoms. The quantitative estimate of drug-likeness (QED) is 0.344. The van der Waals surface area contributed by atoms with Gasteiger partial charge in [-0.25, -0.2) is 0 Å². The highest BCUT2D eigenvalue weighted by atomic mass is 16.3. The zero-order chi connectivity index (χ0) is 20.9. The van der Waals surface area contributed by atoms with Crippen LogP contribution >= 0.6 is 0 Å². The number of hydrogen-bond donors (Lipinski definition) is 0. The van der Waals surface area contributed by atoms with Crippen LogP contribution in [0.2, 0.25) is 0 Å². The van der Waals surface area contributed by atoms with E-state index in [1.165, 1.54) is 6.20 Å². The molecule has 0 unspecified atom stereocenters. The number of aryl methyl sites for hydroxylation is 2. The van der Waals surface area contributed by atoms with E-state index in [0.717, 1.165) is 38.6 Å². The van der Waals surface area contributed by atoms with Gasteiger partial charge < -0.3 is 4.42 Å². The Morgan fingerprint density at radius 1 is 0.778 bits per heavy atom. The molecule has 0 spiro atoms. The summed E-state index contributed by atoms with van der Waals surface area (Å²) in [5.41, 5.74) is 5.93. The molecule has 2 aromatic heterocycles. The average molecular weight is 352 g/mol. The number of rotatable bonds is 2. The smallest absolute Gasteiger partial charge is 0.144 e.